The molecule has 1 N–H and O–H groups in total. The summed E-state index contributed by atoms with van der Waals surface area (Å²) in [7, 11) is 0. The fraction of sp³-hybridized carbons (Fsp3) is 0.538. The van der Waals surface area contributed by atoms with E-state index in [0.29, 0.717) is 13.1 Å². The van der Waals surface area contributed by atoms with Crippen molar-refractivity contribution in [3.8, 4) is 0 Å². The minimum Gasteiger partial charge on any atom is -0.371 e. The highest BCUT2D eigenvalue weighted by Crippen LogP contribution is 2.31. The molecule has 0 spiro atoms. The number of nitrogens with one attached hydrogen (secondary N) is 1. The van der Waals surface area contributed by atoms with Crippen molar-refractivity contribution in [2.75, 3.05) is 18.0 Å². The summed E-state index contributed by atoms with van der Waals surface area (Å²) >= 11 is 0. The Bertz CT molecular complexity index is 421. The van der Waals surface area contributed by atoms with Gasteiger partial charge in [-0.05, 0) is 23.3 Å². The summed E-state index contributed by atoms with van der Waals surface area (Å²) in [6.07, 6.45) is -0.0509. The summed E-state index contributed by atoms with van der Waals surface area (Å²) in [6, 6.07) is 6.30. The zero-order chi connectivity index (χ0) is 11.9. The van der Waals surface area contributed by atoms with Gasteiger partial charge in [-0.25, -0.2) is 8.78 Å². The number of piperidine rings is 1. The Morgan fingerprint density at radius 1 is 1.06 bits per heavy atom. The summed E-state index contributed by atoms with van der Waals surface area (Å²) < 4.78 is 26.2. The molecule has 0 amide bonds. The van der Waals surface area contributed by atoms with Gasteiger partial charge in [0.15, 0.2) is 0 Å². The Hall–Kier alpha value is -1.16. The van der Waals surface area contributed by atoms with Crippen molar-refractivity contribution in [3.05, 3.63) is 29.3 Å². The van der Waals surface area contributed by atoms with Crippen LogP contribution in [0.15, 0.2) is 18.2 Å². The Kier molecular flexibility index (Phi) is 2.54. The molecule has 2 aliphatic heterocycles. The van der Waals surface area contributed by atoms with E-state index in [9.17, 15) is 8.78 Å². The number of nitrogens with zero attached hydrogens (tertiary/aromatic N) is 1. The molecular formula is C13H16F2N2. The lowest BCUT2D eigenvalue weighted by atomic mass is 10.0. The number of halogens is 2. The van der Waals surface area contributed by atoms with Crippen LogP contribution in [0.4, 0.5) is 14.5 Å². The molecule has 1 aromatic carbocycles. The van der Waals surface area contributed by atoms with Crippen molar-refractivity contribution < 1.29 is 8.78 Å². The van der Waals surface area contributed by atoms with Crippen molar-refractivity contribution in [3.63, 3.8) is 0 Å². The van der Waals surface area contributed by atoms with E-state index in [-0.39, 0.29) is 12.8 Å². The average Bonchev–Trinajstić information content (AvgIpc) is 2.76. The van der Waals surface area contributed by atoms with Gasteiger partial charge in [0, 0.05) is 44.7 Å². The molecule has 0 saturated carbocycles. The van der Waals surface area contributed by atoms with Gasteiger partial charge in [-0.2, -0.15) is 0 Å². The van der Waals surface area contributed by atoms with Gasteiger partial charge in [0.05, 0.1) is 0 Å². The summed E-state index contributed by atoms with van der Waals surface area (Å²) in [6.45, 7) is 2.74. The molecule has 1 fully saturated rings. The van der Waals surface area contributed by atoms with Crippen LogP contribution in [0.2, 0.25) is 0 Å². The molecule has 3 rings (SSSR count). The molecule has 1 aromatic rings. The fourth-order valence-electron chi connectivity index (χ4n) is 2.57. The third kappa shape index (κ3) is 2.14. The Labute approximate surface area is 99.6 Å². The lowest BCUT2D eigenvalue weighted by Crippen LogP contribution is -2.39. The number of hydrogen-bond donors (Lipinski definition) is 1. The predicted octanol–water partition coefficient (Wildman–Crippen LogP) is 2.53. The van der Waals surface area contributed by atoms with Crippen LogP contribution in [0, 0.1) is 0 Å². The van der Waals surface area contributed by atoms with Gasteiger partial charge in [0.1, 0.15) is 0 Å². The lowest BCUT2D eigenvalue weighted by molar-refractivity contribution is -0.0220. The van der Waals surface area contributed by atoms with E-state index in [1.54, 1.807) is 0 Å². The van der Waals surface area contributed by atoms with E-state index in [0.717, 1.165) is 18.8 Å². The number of rotatable bonds is 1. The number of anilines is 1. The van der Waals surface area contributed by atoms with Crippen LogP contribution >= 0.6 is 0 Å². The fourth-order valence-corrected chi connectivity index (χ4v) is 2.57. The first-order valence-electron chi connectivity index (χ1n) is 6.09. The zero-order valence-corrected chi connectivity index (χ0v) is 9.68. The molecule has 0 aliphatic carbocycles. The van der Waals surface area contributed by atoms with E-state index in [1.165, 1.54) is 11.1 Å². The smallest absolute Gasteiger partial charge is 0.251 e. The first kappa shape index (κ1) is 11.0. The second-order valence-corrected chi connectivity index (χ2v) is 4.90. The largest absolute Gasteiger partial charge is 0.371 e. The van der Waals surface area contributed by atoms with Crippen LogP contribution in [0.25, 0.3) is 0 Å². The SMILES string of the molecule is FC1(F)CCN(c2ccc3c(c2)CNC3)CC1. The first-order valence-corrected chi connectivity index (χ1v) is 6.09. The Morgan fingerprint density at radius 3 is 2.53 bits per heavy atom. The van der Waals surface area contributed by atoms with E-state index < -0.39 is 5.92 Å². The van der Waals surface area contributed by atoms with Gasteiger partial charge in [-0.15, -0.1) is 0 Å². The topological polar surface area (TPSA) is 15.3 Å². The predicted molar refractivity (Wildman–Crippen MR) is 63.4 cm³/mol. The summed E-state index contributed by atoms with van der Waals surface area (Å²) in [5, 5.41) is 3.29. The third-order valence-electron chi connectivity index (χ3n) is 3.68. The highest BCUT2D eigenvalue weighted by molar-refractivity contribution is 5.52. The molecular weight excluding hydrogens is 222 g/mol. The summed E-state index contributed by atoms with van der Waals surface area (Å²) in [4.78, 5) is 2.07. The van der Waals surface area contributed by atoms with Gasteiger partial charge in [-0.1, -0.05) is 6.07 Å². The minimum atomic E-state index is -2.46. The molecule has 2 heterocycles. The monoisotopic (exact) mass is 238 g/mol. The molecule has 17 heavy (non-hydrogen) atoms. The molecule has 0 unspecified atom stereocenters. The average molecular weight is 238 g/mol. The number of alkyl halides is 2. The third-order valence-corrected chi connectivity index (χ3v) is 3.68. The molecule has 0 radical (unpaired) electrons. The lowest BCUT2D eigenvalue weighted by Gasteiger charge is -2.33. The number of benzene rings is 1. The van der Waals surface area contributed by atoms with E-state index >= 15 is 0 Å². The number of fused-ring (bicyclic) bond motifs is 1. The molecule has 4 heteroatoms. The molecule has 2 nitrogen and oxygen atoms in total. The van der Waals surface area contributed by atoms with E-state index in [2.05, 4.69) is 28.4 Å². The highest BCUT2D eigenvalue weighted by atomic mass is 19.3. The first-order chi connectivity index (χ1) is 8.14. The van der Waals surface area contributed by atoms with Crippen LogP contribution in [0.3, 0.4) is 0 Å². The van der Waals surface area contributed by atoms with Crippen molar-refractivity contribution in [2.45, 2.75) is 31.9 Å². The van der Waals surface area contributed by atoms with Crippen LogP contribution in [0.5, 0.6) is 0 Å². The maximum absolute atomic E-state index is 13.1. The van der Waals surface area contributed by atoms with Crippen LogP contribution < -0.4 is 10.2 Å². The van der Waals surface area contributed by atoms with Gasteiger partial charge >= 0.3 is 0 Å². The maximum atomic E-state index is 13.1. The van der Waals surface area contributed by atoms with Crippen LogP contribution in [-0.2, 0) is 13.1 Å². The second kappa shape index (κ2) is 3.95. The normalized spacial score (nSPS) is 22.6. The molecule has 1 saturated heterocycles. The van der Waals surface area contributed by atoms with E-state index in [4.69, 9.17) is 0 Å². The zero-order valence-electron chi connectivity index (χ0n) is 9.68. The standard InChI is InChI=1S/C13H16F2N2/c14-13(15)3-5-17(6-4-13)12-2-1-10-8-16-9-11(10)7-12/h1-2,7,16H,3-6,8-9H2. The van der Waals surface area contributed by atoms with Gasteiger partial charge in [-0.3, -0.25) is 0 Å². The molecule has 0 aromatic heterocycles. The van der Waals surface area contributed by atoms with E-state index in [1.807, 2.05) is 0 Å². The van der Waals surface area contributed by atoms with Crippen LogP contribution in [-0.4, -0.2) is 19.0 Å². The summed E-state index contributed by atoms with van der Waals surface area (Å²) in [5.41, 5.74) is 3.72. The molecule has 92 valence electrons. The van der Waals surface area contributed by atoms with Crippen molar-refractivity contribution in [1.82, 2.24) is 5.32 Å². The quantitative estimate of drug-likeness (QED) is 0.808. The molecule has 0 bridgehead atoms. The Balaban J connectivity index is 1.77. The van der Waals surface area contributed by atoms with Gasteiger partial charge in [0.25, 0.3) is 5.92 Å². The van der Waals surface area contributed by atoms with Crippen molar-refractivity contribution >= 4 is 5.69 Å². The number of hydrogen-bond acceptors (Lipinski definition) is 2. The molecule has 2 aliphatic rings. The molecule has 0 atom stereocenters. The van der Waals surface area contributed by atoms with Gasteiger partial charge in [0.2, 0.25) is 0 Å². The highest BCUT2D eigenvalue weighted by Gasteiger charge is 2.34. The van der Waals surface area contributed by atoms with Crippen molar-refractivity contribution in [2.24, 2.45) is 0 Å². The summed E-state index contributed by atoms with van der Waals surface area (Å²) in [5.74, 6) is -2.46. The Morgan fingerprint density at radius 2 is 1.76 bits per heavy atom. The second-order valence-electron chi connectivity index (χ2n) is 4.90. The maximum Gasteiger partial charge on any atom is 0.251 e. The minimum absolute atomic E-state index is 0.0255. The van der Waals surface area contributed by atoms with Gasteiger partial charge < -0.3 is 10.2 Å². The van der Waals surface area contributed by atoms with Crippen molar-refractivity contribution in [1.29, 1.82) is 0 Å². The van der Waals surface area contributed by atoms with Crippen LogP contribution in [0.1, 0.15) is 24.0 Å².